The van der Waals surface area contributed by atoms with Crippen LogP contribution in [0.5, 0.6) is 5.75 Å². The van der Waals surface area contributed by atoms with Gasteiger partial charge in [-0.15, -0.1) is 0 Å². The zero-order chi connectivity index (χ0) is 14.6. The maximum atomic E-state index is 12.2. The Labute approximate surface area is 107 Å². The van der Waals surface area contributed by atoms with Gasteiger partial charge in [-0.1, -0.05) is 0 Å². The van der Waals surface area contributed by atoms with Crippen molar-refractivity contribution < 1.29 is 22.8 Å². The third-order valence-electron chi connectivity index (χ3n) is 2.34. The molecule has 1 N–H and O–H groups in total. The summed E-state index contributed by atoms with van der Waals surface area (Å²) in [6.07, 6.45) is -5.40. The first-order chi connectivity index (χ1) is 8.73. The monoisotopic (exact) mass is 278 g/mol. The maximum Gasteiger partial charge on any atom is 0.391 e. The molecule has 5 nitrogen and oxygen atoms in total. The van der Waals surface area contributed by atoms with Crippen molar-refractivity contribution in [1.82, 2.24) is 0 Å². The summed E-state index contributed by atoms with van der Waals surface area (Å²) in [5, 5.41) is 13.3. The van der Waals surface area contributed by atoms with Crippen LogP contribution in [0.15, 0.2) is 18.2 Å². The van der Waals surface area contributed by atoms with Crippen LogP contribution in [0.2, 0.25) is 0 Å². The third kappa shape index (κ3) is 4.65. The second-order valence-corrected chi connectivity index (χ2v) is 4.00. The second-order valence-electron chi connectivity index (χ2n) is 4.00. The number of methoxy groups -OCH3 is 1. The molecule has 0 spiro atoms. The Balaban J connectivity index is 2.91. The number of ether oxygens (including phenoxy) is 1. The largest absolute Gasteiger partial charge is 0.496 e. The number of nitro benzene ring substituents is 1. The number of benzene rings is 1. The maximum absolute atomic E-state index is 12.2. The molecule has 0 bridgehead atoms. The summed E-state index contributed by atoms with van der Waals surface area (Å²) in [4.78, 5) is 10.2. The van der Waals surface area contributed by atoms with Crippen LogP contribution >= 0.6 is 0 Å². The van der Waals surface area contributed by atoms with Crippen LogP contribution in [0, 0.1) is 10.1 Å². The van der Waals surface area contributed by atoms with Gasteiger partial charge in [0, 0.05) is 6.04 Å². The highest BCUT2D eigenvalue weighted by molar-refractivity contribution is 5.64. The van der Waals surface area contributed by atoms with Crippen molar-refractivity contribution in [2.45, 2.75) is 25.6 Å². The summed E-state index contributed by atoms with van der Waals surface area (Å²) in [6, 6.07) is 2.95. The molecular formula is C11H13F3N2O3. The molecule has 106 valence electrons. The van der Waals surface area contributed by atoms with Gasteiger partial charge in [0.25, 0.3) is 5.69 Å². The fraction of sp³-hybridized carbons (Fsp3) is 0.455. The van der Waals surface area contributed by atoms with E-state index < -0.39 is 23.6 Å². The molecule has 1 unspecified atom stereocenters. The SMILES string of the molecule is COc1ccc(NC(C)CC(F)(F)F)c([N+](=O)[O-])c1. The lowest BCUT2D eigenvalue weighted by atomic mass is 10.2. The highest BCUT2D eigenvalue weighted by Crippen LogP contribution is 2.31. The molecule has 19 heavy (non-hydrogen) atoms. The van der Waals surface area contributed by atoms with Gasteiger partial charge in [0.15, 0.2) is 0 Å². The van der Waals surface area contributed by atoms with Crippen molar-refractivity contribution in [2.75, 3.05) is 12.4 Å². The molecule has 0 radical (unpaired) electrons. The van der Waals surface area contributed by atoms with Gasteiger partial charge in [0.05, 0.1) is 24.5 Å². The summed E-state index contributed by atoms with van der Waals surface area (Å²) in [7, 11) is 1.35. The minimum atomic E-state index is -4.33. The van der Waals surface area contributed by atoms with Crippen molar-refractivity contribution in [3.8, 4) is 5.75 Å². The van der Waals surface area contributed by atoms with E-state index in [1.807, 2.05) is 0 Å². The molecule has 0 aromatic heterocycles. The van der Waals surface area contributed by atoms with Gasteiger partial charge in [0.2, 0.25) is 0 Å². The van der Waals surface area contributed by atoms with Crippen molar-refractivity contribution in [3.05, 3.63) is 28.3 Å². The quantitative estimate of drug-likeness (QED) is 0.662. The summed E-state index contributed by atoms with van der Waals surface area (Å²) >= 11 is 0. The first kappa shape index (κ1) is 15.1. The Morgan fingerprint density at radius 1 is 1.47 bits per heavy atom. The van der Waals surface area contributed by atoms with Crippen LogP contribution in [0.25, 0.3) is 0 Å². The molecule has 0 aliphatic carbocycles. The van der Waals surface area contributed by atoms with Crippen molar-refractivity contribution in [1.29, 1.82) is 0 Å². The van der Waals surface area contributed by atoms with Crippen LogP contribution in [0.3, 0.4) is 0 Å². The first-order valence-electron chi connectivity index (χ1n) is 5.38. The van der Waals surface area contributed by atoms with Gasteiger partial charge in [-0.05, 0) is 19.1 Å². The molecule has 8 heteroatoms. The van der Waals surface area contributed by atoms with E-state index in [9.17, 15) is 23.3 Å². The zero-order valence-corrected chi connectivity index (χ0v) is 10.3. The Morgan fingerprint density at radius 3 is 2.58 bits per heavy atom. The molecule has 1 rings (SSSR count). The van der Waals surface area contributed by atoms with Crippen molar-refractivity contribution in [2.24, 2.45) is 0 Å². The summed E-state index contributed by atoms with van der Waals surface area (Å²) in [5.74, 6) is 0.265. The Morgan fingerprint density at radius 2 is 2.11 bits per heavy atom. The normalized spacial score (nSPS) is 12.9. The highest BCUT2D eigenvalue weighted by Gasteiger charge is 2.30. The molecular weight excluding hydrogens is 265 g/mol. The average Bonchev–Trinajstić information content (AvgIpc) is 2.26. The van der Waals surface area contributed by atoms with E-state index in [4.69, 9.17) is 4.74 Å². The summed E-state index contributed by atoms with van der Waals surface area (Å²) in [6.45, 7) is 1.31. The smallest absolute Gasteiger partial charge is 0.391 e. The Bertz CT molecular complexity index is 463. The lowest BCUT2D eigenvalue weighted by molar-refractivity contribution is -0.384. The van der Waals surface area contributed by atoms with Crippen molar-refractivity contribution in [3.63, 3.8) is 0 Å². The highest BCUT2D eigenvalue weighted by atomic mass is 19.4. The van der Waals surface area contributed by atoms with E-state index in [0.29, 0.717) is 0 Å². The predicted molar refractivity (Wildman–Crippen MR) is 63.4 cm³/mol. The van der Waals surface area contributed by atoms with E-state index in [1.54, 1.807) is 0 Å². The number of anilines is 1. The first-order valence-corrected chi connectivity index (χ1v) is 5.38. The average molecular weight is 278 g/mol. The number of hydrogen-bond donors (Lipinski definition) is 1. The van der Waals surface area contributed by atoms with Crippen LogP contribution < -0.4 is 10.1 Å². The number of alkyl halides is 3. The van der Waals surface area contributed by atoms with Crippen LogP contribution in [-0.2, 0) is 0 Å². The standard InChI is InChI=1S/C11H13F3N2O3/c1-7(6-11(12,13)14)15-9-4-3-8(19-2)5-10(9)16(17)18/h3-5,7,15H,6H2,1-2H3. The van der Waals surface area contributed by atoms with Gasteiger partial charge in [-0.2, -0.15) is 13.2 Å². The second kappa shape index (κ2) is 5.77. The number of rotatable bonds is 5. The van der Waals surface area contributed by atoms with Gasteiger partial charge >= 0.3 is 6.18 Å². The topological polar surface area (TPSA) is 64.4 Å². The molecule has 0 saturated heterocycles. The Kier molecular flexibility index (Phi) is 4.57. The molecule has 0 aliphatic rings. The van der Waals surface area contributed by atoms with E-state index >= 15 is 0 Å². The zero-order valence-electron chi connectivity index (χ0n) is 10.3. The number of nitrogens with zero attached hydrogens (tertiary/aromatic N) is 1. The molecule has 0 aliphatic heterocycles. The number of nitrogens with one attached hydrogen (secondary N) is 1. The number of halogens is 3. The molecule has 0 saturated carbocycles. The predicted octanol–water partition coefficient (Wildman–Crippen LogP) is 3.36. The Hall–Kier alpha value is -1.99. The minimum Gasteiger partial charge on any atom is -0.496 e. The molecule has 0 fully saturated rings. The van der Waals surface area contributed by atoms with Gasteiger partial charge in [-0.3, -0.25) is 10.1 Å². The molecule has 1 aromatic rings. The molecule has 0 amide bonds. The minimum absolute atomic E-state index is 0.0301. The van der Waals surface area contributed by atoms with Crippen LogP contribution in [-0.4, -0.2) is 24.3 Å². The molecule has 0 heterocycles. The lowest BCUT2D eigenvalue weighted by Crippen LogP contribution is -2.24. The fourth-order valence-corrected chi connectivity index (χ4v) is 1.58. The van der Waals surface area contributed by atoms with E-state index in [1.165, 1.54) is 26.2 Å². The molecule has 1 aromatic carbocycles. The summed E-state index contributed by atoms with van der Waals surface area (Å²) < 4.78 is 41.4. The van der Waals surface area contributed by atoms with Gasteiger partial charge in [-0.25, -0.2) is 0 Å². The fourth-order valence-electron chi connectivity index (χ4n) is 1.58. The van der Waals surface area contributed by atoms with Gasteiger partial charge < -0.3 is 10.1 Å². The number of nitro groups is 1. The molecule has 1 atom stereocenters. The summed E-state index contributed by atoms with van der Waals surface area (Å²) in [5.41, 5.74) is -0.295. The van der Waals surface area contributed by atoms with Crippen molar-refractivity contribution >= 4 is 11.4 Å². The third-order valence-corrected chi connectivity index (χ3v) is 2.34. The van der Waals surface area contributed by atoms with E-state index in [0.717, 1.165) is 6.07 Å². The van der Waals surface area contributed by atoms with Crippen LogP contribution in [0.4, 0.5) is 24.5 Å². The van der Waals surface area contributed by atoms with Gasteiger partial charge in [0.1, 0.15) is 11.4 Å². The number of hydrogen-bond acceptors (Lipinski definition) is 4. The lowest BCUT2D eigenvalue weighted by Gasteiger charge is -2.17. The van der Waals surface area contributed by atoms with E-state index in [-0.39, 0.29) is 17.1 Å². The van der Waals surface area contributed by atoms with Crippen LogP contribution in [0.1, 0.15) is 13.3 Å². The van der Waals surface area contributed by atoms with E-state index in [2.05, 4.69) is 5.32 Å².